The molecule has 0 unspecified atom stereocenters. The van der Waals surface area contributed by atoms with Gasteiger partial charge in [0, 0.05) is 6.42 Å². The highest BCUT2D eigenvalue weighted by atomic mass is 31.2. The number of para-hydroxylation sites is 2. The first-order valence-corrected chi connectivity index (χ1v) is 10.4. The number of ether oxygens (including phenoxy) is 1. The van der Waals surface area contributed by atoms with Crippen LogP contribution < -0.4 is 9.05 Å². The second-order valence-corrected chi connectivity index (χ2v) is 8.48. The van der Waals surface area contributed by atoms with E-state index in [0.717, 1.165) is 0 Å². The number of rotatable bonds is 8. The van der Waals surface area contributed by atoms with Gasteiger partial charge in [-0.15, -0.1) is 0 Å². The Morgan fingerprint density at radius 3 is 1.79 bits per heavy atom. The summed E-state index contributed by atoms with van der Waals surface area (Å²) in [7, 11) is -4.16. The first-order chi connectivity index (χ1) is 13.4. The molecular weight excluding hydrogens is 387 g/mol. The third kappa shape index (κ3) is 4.72. The molecule has 152 valence electrons. The van der Waals surface area contributed by atoms with Gasteiger partial charge in [0.15, 0.2) is 5.85 Å². The highest BCUT2D eigenvalue weighted by Crippen LogP contribution is 2.53. The molecule has 0 radical (unpaired) electrons. The maximum Gasteiger partial charge on any atom is 0.459 e. The maximum atomic E-state index is 13.4. The Labute approximate surface area is 162 Å². The van der Waals surface area contributed by atoms with Crippen molar-refractivity contribution in [3.8, 4) is 11.5 Å². The van der Waals surface area contributed by atoms with Gasteiger partial charge in [-0.3, -0.25) is 0 Å². The molecule has 5 atom stereocenters. The molecule has 1 heterocycles. The predicted octanol–water partition coefficient (Wildman–Crippen LogP) is 1.53. The van der Waals surface area contributed by atoms with Crippen molar-refractivity contribution in [2.75, 3.05) is 6.61 Å². The van der Waals surface area contributed by atoms with Gasteiger partial charge in [-0.25, -0.2) is 4.57 Å². The van der Waals surface area contributed by atoms with E-state index in [9.17, 15) is 25.0 Å². The molecule has 0 saturated carbocycles. The number of aliphatic hydroxyl groups is 4. The number of benzene rings is 2. The lowest BCUT2D eigenvalue weighted by molar-refractivity contribution is -0.0320. The van der Waals surface area contributed by atoms with Crippen LogP contribution in [0.5, 0.6) is 11.5 Å². The summed E-state index contributed by atoms with van der Waals surface area (Å²) in [4.78, 5) is 0. The number of hydrogen-bond donors (Lipinski definition) is 4. The molecule has 8 nitrogen and oxygen atoms in total. The maximum absolute atomic E-state index is 13.4. The van der Waals surface area contributed by atoms with Gasteiger partial charge in [0.25, 0.3) is 0 Å². The first kappa shape index (κ1) is 20.8. The van der Waals surface area contributed by atoms with Crippen LogP contribution in [0, 0.1) is 0 Å². The van der Waals surface area contributed by atoms with Crippen LogP contribution in [0.1, 0.15) is 6.42 Å². The topological polar surface area (TPSA) is 126 Å². The fourth-order valence-corrected chi connectivity index (χ4v) is 4.48. The second-order valence-electron chi connectivity index (χ2n) is 6.44. The highest BCUT2D eigenvalue weighted by molar-refractivity contribution is 7.55. The van der Waals surface area contributed by atoms with E-state index in [0.29, 0.717) is 0 Å². The molecule has 1 saturated heterocycles. The van der Waals surface area contributed by atoms with E-state index in [1.807, 2.05) is 0 Å². The van der Waals surface area contributed by atoms with Crippen molar-refractivity contribution in [2.24, 2.45) is 0 Å². The van der Waals surface area contributed by atoms with Crippen LogP contribution in [-0.4, -0.2) is 57.3 Å². The summed E-state index contributed by atoms with van der Waals surface area (Å²) in [5.41, 5.74) is 0. The fourth-order valence-electron chi connectivity index (χ4n) is 2.91. The van der Waals surface area contributed by atoms with Gasteiger partial charge < -0.3 is 34.2 Å². The molecule has 9 heteroatoms. The Morgan fingerprint density at radius 2 is 1.36 bits per heavy atom. The van der Waals surface area contributed by atoms with Crippen molar-refractivity contribution >= 4 is 7.60 Å². The molecule has 0 spiro atoms. The average Bonchev–Trinajstić information content (AvgIpc) is 2.97. The van der Waals surface area contributed by atoms with E-state index < -0.39 is 44.5 Å². The molecule has 0 aromatic heterocycles. The standard InChI is InChI=1S/C19H23O8P/c20-12-16-19(23)18(22)15(25-16)11-17(21)28(24,26-13-7-3-1-4-8-13)27-14-9-5-2-6-10-14/h1-10,15-23H,11-12H2/t15-,16-,17+,18-,19-/m1/s1. The van der Waals surface area contributed by atoms with Gasteiger partial charge in [0.05, 0.1) is 12.7 Å². The van der Waals surface area contributed by atoms with Gasteiger partial charge in [0.2, 0.25) is 0 Å². The van der Waals surface area contributed by atoms with Crippen molar-refractivity contribution < 1.29 is 38.8 Å². The lowest BCUT2D eigenvalue weighted by Crippen LogP contribution is -2.35. The molecule has 4 N–H and O–H groups in total. The average molecular weight is 410 g/mol. The summed E-state index contributed by atoms with van der Waals surface area (Å²) in [5.74, 6) is -1.18. The Bertz CT molecular complexity index is 742. The minimum Gasteiger partial charge on any atom is -0.414 e. The zero-order chi connectivity index (χ0) is 20.1. The van der Waals surface area contributed by atoms with Gasteiger partial charge in [-0.2, -0.15) is 0 Å². The molecule has 28 heavy (non-hydrogen) atoms. The molecule has 0 aliphatic carbocycles. The second kappa shape index (κ2) is 9.05. The quantitative estimate of drug-likeness (QED) is 0.483. The largest absolute Gasteiger partial charge is 0.459 e. The van der Waals surface area contributed by atoms with Crippen LogP contribution in [0.4, 0.5) is 0 Å². The lowest BCUT2D eigenvalue weighted by Gasteiger charge is -2.26. The van der Waals surface area contributed by atoms with Crippen LogP contribution in [0.25, 0.3) is 0 Å². The Kier molecular flexibility index (Phi) is 6.72. The Morgan fingerprint density at radius 1 is 0.893 bits per heavy atom. The zero-order valence-electron chi connectivity index (χ0n) is 14.9. The summed E-state index contributed by atoms with van der Waals surface area (Å²) in [6.07, 6.45) is -5.03. The van der Waals surface area contributed by atoms with E-state index >= 15 is 0 Å². The van der Waals surface area contributed by atoms with Crippen LogP contribution in [0.15, 0.2) is 60.7 Å². The van der Waals surface area contributed by atoms with Crippen molar-refractivity contribution in [1.29, 1.82) is 0 Å². The van der Waals surface area contributed by atoms with E-state index in [-0.39, 0.29) is 17.9 Å². The smallest absolute Gasteiger partial charge is 0.414 e. The minimum atomic E-state index is -4.16. The molecule has 0 amide bonds. The Hall–Kier alpha value is -1.93. The first-order valence-electron chi connectivity index (χ1n) is 8.82. The van der Waals surface area contributed by atoms with E-state index in [4.69, 9.17) is 13.8 Å². The highest BCUT2D eigenvalue weighted by Gasteiger charge is 2.47. The summed E-state index contributed by atoms with van der Waals surface area (Å²) >= 11 is 0. The Balaban J connectivity index is 1.80. The van der Waals surface area contributed by atoms with Crippen LogP contribution in [0.2, 0.25) is 0 Å². The molecule has 0 bridgehead atoms. The van der Waals surface area contributed by atoms with Crippen molar-refractivity contribution in [3.63, 3.8) is 0 Å². The van der Waals surface area contributed by atoms with Crippen LogP contribution >= 0.6 is 7.60 Å². The van der Waals surface area contributed by atoms with E-state index in [1.165, 1.54) is 0 Å². The van der Waals surface area contributed by atoms with Gasteiger partial charge in [0.1, 0.15) is 29.8 Å². The molecule has 1 aliphatic rings. The van der Waals surface area contributed by atoms with Crippen molar-refractivity contribution in [3.05, 3.63) is 60.7 Å². The summed E-state index contributed by atoms with van der Waals surface area (Å²) in [6, 6.07) is 16.5. The van der Waals surface area contributed by atoms with Crippen molar-refractivity contribution in [1.82, 2.24) is 0 Å². The van der Waals surface area contributed by atoms with Crippen LogP contribution in [-0.2, 0) is 9.30 Å². The molecule has 1 fully saturated rings. The summed E-state index contributed by atoms with van der Waals surface area (Å²) in [6.45, 7) is -0.497. The minimum absolute atomic E-state index is 0.238. The SMILES string of the molecule is O=P(Oc1ccccc1)(Oc1ccccc1)[C@H](O)C[C@H]1O[C@H](CO)[C@@H](O)[C@@H]1O. The zero-order valence-corrected chi connectivity index (χ0v) is 15.8. The number of aliphatic hydroxyl groups excluding tert-OH is 4. The normalized spacial score (nSPS) is 26.0. The third-order valence-electron chi connectivity index (χ3n) is 4.40. The number of hydrogen-bond acceptors (Lipinski definition) is 8. The van der Waals surface area contributed by atoms with Crippen LogP contribution in [0.3, 0.4) is 0 Å². The van der Waals surface area contributed by atoms with E-state index in [2.05, 4.69) is 0 Å². The predicted molar refractivity (Wildman–Crippen MR) is 100 cm³/mol. The molecule has 2 aromatic carbocycles. The van der Waals surface area contributed by atoms with E-state index in [1.54, 1.807) is 60.7 Å². The molecule has 2 aromatic rings. The van der Waals surface area contributed by atoms with Gasteiger partial charge in [-0.05, 0) is 24.3 Å². The molecule has 3 rings (SSSR count). The monoisotopic (exact) mass is 410 g/mol. The molecular formula is C19H23O8P. The van der Waals surface area contributed by atoms with Gasteiger partial charge >= 0.3 is 7.60 Å². The van der Waals surface area contributed by atoms with Crippen molar-refractivity contribution in [2.45, 2.75) is 36.7 Å². The summed E-state index contributed by atoms with van der Waals surface area (Å²) < 4.78 is 29.8. The summed E-state index contributed by atoms with van der Waals surface area (Å²) in [5, 5.41) is 39.8. The fraction of sp³-hybridized carbons (Fsp3) is 0.368. The van der Waals surface area contributed by atoms with Gasteiger partial charge in [-0.1, -0.05) is 36.4 Å². The third-order valence-corrected chi connectivity index (χ3v) is 6.27. The lowest BCUT2D eigenvalue weighted by atomic mass is 10.1. The molecule has 1 aliphatic heterocycles.